The van der Waals surface area contributed by atoms with Gasteiger partial charge in [-0.1, -0.05) is 17.3 Å². The van der Waals surface area contributed by atoms with Crippen LogP contribution < -0.4 is 10.2 Å². The zero-order valence-electron chi connectivity index (χ0n) is 16.5. The van der Waals surface area contributed by atoms with E-state index in [1.54, 1.807) is 18.5 Å². The van der Waals surface area contributed by atoms with Crippen LogP contribution >= 0.6 is 11.3 Å². The molecule has 0 radical (unpaired) electrons. The Hall–Kier alpha value is -3.20. The van der Waals surface area contributed by atoms with Gasteiger partial charge in [0.05, 0.1) is 36.2 Å². The molecule has 2 heterocycles. The van der Waals surface area contributed by atoms with Crippen molar-refractivity contribution < 1.29 is 18.8 Å². The fourth-order valence-corrected chi connectivity index (χ4v) is 3.19. The van der Waals surface area contributed by atoms with Gasteiger partial charge in [0.15, 0.2) is 0 Å². The molecule has 0 aliphatic heterocycles. The maximum absolute atomic E-state index is 11.5. The highest BCUT2D eigenvalue weighted by molar-refractivity contribution is 7.13. The van der Waals surface area contributed by atoms with E-state index in [-0.39, 0.29) is 12.4 Å². The molecular formula is C20H22N4O4S. The Kier molecular flexibility index (Phi) is 6.96. The summed E-state index contributed by atoms with van der Waals surface area (Å²) in [6, 6.07) is 7.59. The van der Waals surface area contributed by atoms with E-state index >= 15 is 0 Å². The standard InChI is InChI=1S/C20H22N4O4S/c1-4-26-19(25)9-16-12-29-20(22-16)23-21-10-15-7-5-6-8-18(15)27-11-17-13(2)24-28-14(17)3/h5-8,10,12H,4,9,11H2,1-3H3,(H,22,23). The minimum absolute atomic E-state index is 0.147. The molecule has 9 heteroatoms. The van der Waals surface area contributed by atoms with Crippen molar-refractivity contribution in [2.24, 2.45) is 5.10 Å². The van der Waals surface area contributed by atoms with Gasteiger partial charge in [-0.25, -0.2) is 4.98 Å². The summed E-state index contributed by atoms with van der Waals surface area (Å²) in [6.07, 6.45) is 1.81. The second kappa shape index (κ2) is 9.83. The third kappa shape index (κ3) is 5.64. The van der Waals surface area contributed by atoms with Crippen molar-refractivity contribution in [3.8, 4) is 5.75 Å². The maximum Gasteiger partial charge on any atom is 0.311 e. The van der Waals surface area contributed by atoms with Crippen molar-refractivity contribution >= 4 is 28.7 Å². The third-order valence-corrected chi connectivity index (χ3v) is 4.81. The number of aromatic nitrogens is 2. The lowest BCUT2D eigenvalue weighted by Crippen LogP contribution is -2.07. The van der Waals surface area contributed by atoms with E-state index in [1.165, 1.54) is 11.3 Å². The molecule has 0 aliphatic carbocycles. The predicted octanol–water partition coefficient (Wildman–Crippen LogP) is 3.88. The lowest BCUT2D eigenvalue weighted by Gasteiger charge is -2.08. The number of hydrogen-bond acceptors (Lipinski definition) is 9. The third-order valence-electron chi connectivity index (χ3n) is 4.02. The number of ether oxygens (including phenoxy) is 2. The molecule has 2 aromatic heterocycles. The Balaban J connectivity index is 1.60. The molecule has 0 atom stereocenters. The summed E-state index contributed by atoms with van der Waals surface area (Å²) in [4.78, 5) is 15.8. The highest BCUT2D eigenvalue weighted by atomic mass is 32.1. The number of nitrogens with one attached hydrogen (secondary N) is 1. The van der Waals surface area contributed by atoms with Crippen molar-refractivity contribution in [2.45, 2.75) is 33.8 Å². The average Bonchev–Trinajstić information content (AvgIpc) is 3.27. The summed E-state index contributed by atoms with van der Waals surface area (Å²) >= 11 is 1.37. The minimum atomic E-state index is -0.294. The SMILES string of the molecule is CCOC(=O)Cc1csc(NN=Cc2ccccc2OCc2c(C)noc2C)n1. The molecule has 0 saturated carbocycles. The Morgan fingerprint density at radius 3 is 2.93 bits per heavy atom. The van der Waals surface area contributed by atoms with Gasteiger partial charge in [-0.2, -0.15) is 5.10 Å². The lowest BCUT2D eigenvalue weighted by atomic mass is 10.2. The fraction of sp³-hybridized carbons (Fsp3) is 0.300. The monoisotopic (exact) mass is 414 g/mol. The van der Waals surface area contributed by atoms with Gasteiger partial charge in [-0.3, -0.25) is 10.2 Å². The van der Waals surface area contributed by atoms with Crippen LogP contribution in [0.4, 0.5) is 5.13 Å². The molecule has 0 unspecified atom stereocenters. The van der Waals surface area contributed by atoms with E-state index in [9.17, 15) is 4.79 Å². The minimum Gasteiger partial charge on any atom is -0.488 e. The number of hydrazone groups is 1. The second-order valence-corrected chi connectivity index (χ2v) is 6.98. The van der Waals surface area contributed by atoms with Crippen LogP contribution in [0.15, 0.2) is 39.3 Å². The zero-order chi connectivity index (χ0) is 20.6. The van der Waals surface area contributed by atoms with E-state index < -0.39 is 0 Å². The number of aryl methyl sites for hydroxylation is 2. The van der Waals surface area contributed by atoms with Crippen molar-refractivity contribution in [3.63, 3.8) is 0 Å². The molecule has 8 nitrogen and oxygen atoms in total. The van der Waals surface area contributed by atoms with Gasteiger partial charge in [0.1, 0.15) is 18.1 Å². The first-order valence-electron chi connectivity index (χ1n) is 9.09. The van der Waals surface area contributed by atoms with Crippen molar-refractivity contribution in [3.05, 3.63) is 57.9 Å². The molecule has 3 rings (SSSR count). The number of esters is 1. The van der Waals surface area contributed by atoms with Crippen LogP contribution in [0, 0.1) is 13.8 Å². The number of anilines is 1. The summed E-state index contributed by atoms with van der Waals surface area (Å²) < 4.78 is 16.0. The first kappa shape index (κ1) is 20.5. The molecule has 0 saturated heterocycles. The largest absolute Gasteiger partial charge is 0.488 e. The van der Waals surface area contributed by atoms with E-state index in [2.05, 4.69) is 20.7 Å². The Morgan fingerprint density at radius 1 is 1.34 bits per heavy atom. The lowest BCUT2D eigenvalue weighted by molar-refractivity contribution is -0.142. The van der Waals surface area contributed by atoms with Crippen molar-refractivity contribution in [1.29, 1.82) is 0 Å². The van der Waals surface area contributed by atoms with Gasteiger partial charge in [0, 0.05) is 10.9 Å². The number of nitrogens with zero attached hydrogens (tertiary/aromatic N) is 3. The zero-order valence-corrected chi connectivity index (χ0v) is 17.3. The van der Waals surface area contributed by atoms with Gasteiger partial charge in [0.2, 0.25) is 5.13 Å². The first-order chi connectivity index (χ1) is 14.1. The van der Waals surface area contributed by atoms with Gasteiger partial charge in [0.25, 0.3) is 0 Å². The number of thiazole rings is 1. The van der Waals surface area contributed by atoms with Crippen LogP contribution in [0.3, 0.4) is 0 Å². The van der Waals surface area contributed by atoms with E-state index in [0.717, 1.165) is 22.6 Å². The van der Waals surface area contributed by atoms with Crippen molar-refractivity contribution in [2.75, 3.05) is 12.0 Å². The summed E-state index contributed by atoms with van der Waals surface area (Å²) in [5.74, 6) is 1.15. The molecule has 29 heavy (non-hydrogen) atoms. The molecule has 0 fully saturated rings. The van der Waals surface area contributed by atoms with Gasteiger partial charge in [-0.05, 0) is 32.9 Å². The highest BCUT2D eigenvalue weighted by Crippen LogP contribution is 2.21. The summed E-state index contributed by atoms with van der Waals surface area (Å²) in [7, 11) is 0. The first-order valence-corrected chi connectivity index (χ1v) is 9.97. The number of carbonyl (C=O) groups is 1. The van der Waals surface area contributed by atoms with Crippen LogP contribution in [-0.4, -0.2) is 28.9 Å². The van der Waals surface area contributed by atoms with E-state index in [0.29, 0.717) is 29.8 Å². The number of para-hydroxylation sites is 1. The fourth-order valence-electron chi connectivity index (χ4n) is 2.53. The quantitative estimate of drug-likeness (QED) is 0.322. The number of benzene rings is 1. The Morgan fingerprint density at radius 2 is 2.17 bits per heavy atom. The summed E-state index contributed by atoms with van der Waals surface area (Å²) in [6.45, 7) is 6.24. The van der Waals surface area contributed by atoms with E-state index in [1.807, 2.05) is 38.1 Å². The smallest absolute Gasteiger partial charge is 0.311 e. The molecule has 0 amide bonds. The molecule has 1 N–H and O–H groups in total. The molecule has 0 aliphatic rings. The molecule has 0 spiro atoms. The highest BCUT2D eigenvalue weighted by Gasteiger charge is 2.11. The molecule has 1 aromatic carbocycles. The number of carbonyl (C=O) groups excluding carboxylic acids is 1. The molecule has 152 valence electrons. The van der Waals surface area contributed by atoms with Gasteiger partial charge >= 0.3 is 5.97 Å². The Labute approximate surface area is 172 Å². The number of hydrogen-bond donors (Lipinski definition) is 1. The predicted molar refractivity (Wildman–Crippen MR) is 110 cm³/mol. The van der Waals surface area contributed by atoms with Crippen LogP contribution in [0.25, 0.3) is 0 Å². The van der Waals surface area contributed by atoms with Gasteiger partial charge in [-0.15, -0.1) is 11.3 Å². The molecular weight excluding hydrogens is 392 g/mol. The second-order valence-electron chi connectivity index (χ2n) is 6.13. The molecule has 3 aromatic rings. The van der Waals surface area contributed by atoms with E-state index in [4.69, 9.17) is 14.0 Å². The van der Waals surface area contributed by atoms with Crippen LogP contribution in [0.2, 0.25) is 0 Å². The average molecular weight is 414 g/mol. The van der Waals surface area contributed by atoms with Gasteiger partial charge < -0.3 is 14.0 Å². The maximum atomic E-state index is 11.5. The van der Waals surface area contributed by atoms with Crippen molar-refractivity contribution in [1.82, 2.24) is 10.1 Å². The van der Waals surface area contributed by atoms with Crippen LogP contribution in [-0.2, 0) is 22.6 Å². The Bertz CT molecular complexity index is 977. The normalized spacial score (nSPS) is 11.0. The summed E-state index contributed by atoms with van der Waals surface area (Å²) in [5, 5.41) is 10.6. The van der Waals surface area contributed by atoms with Crippen LogP contribution in [0.1, 0.15) is 35.2 Å². The van der Waals surface area contributed by atoms with Crippen LogP contribution in [0.5, 0.6) is 5.75 Å². The summed E-state index contributed by atoms with van der Waals surface area (Å²) in [5.41, 5.74) is 6.09. The molecule has 0 bridgehead atoms. The topological polar surface area (TPSA) is 98.8 Å². The number of rotatable bonds is 9.